The van der Waals surface area contributed by atoms with Crippen LogP contribution in [0.3, 0.4) is 0 Å². The standard InChI is InChI=1S/C17H22N6O4S/c18-28(26,27)15-3-1-2-14(16(15)17-20-22-23-21-17)12-6-4-11(5-7-12)8-19-13(9-24)10-25/h1-7,13,19,22-25H,8-10H2,(H,20,21)(H2,18,26,27). The molecular formula is C17H22N6O4S. The number of aliphatic hydroxyl groups is 2. The molecule has 1 aliphatic rings. The summed E-state index contributed by atoms with van der Waals surface area (Å²) in [5.41, 5.74) is 10.6. The lowest BCUT2D eigenvalue weighted by atomic mass is 9.98. The van der Waals surface area contributed by atoms with Crippen LogP contribution in [0.25, 0.3) is 11.1 Å². The summed E-state index contributed by atoms with van der Waals surface area (Å²) >= 11 is 0. The average Bonchev–Trinajstić information content (AvgIpc) is 3.22. The zero-order valence-corrected chi connectivity index (χ0v) is 15.7. The van der Waals surface area contributed by atoms with Gasteiger partial charge < -0.3 is 15.5 Å². The molecule has 28 heavy (non-hydrogen) atoms. The summed E-state index contributed by atoms with van der Waals surface area (Å²) in [5.74, 6) is 0.305. The first-order valence-electron chi connectivity index (χ1n) is 8.48. The monoisotopic (exact) mass is 406 g/mol. The summed E-state index contributed by atoms with van der Waals surface area (Å²) < 4.78 is 24.1. The van der Waals surface area contributed by atoms with Crippen molar-refractivity contribution in [2.75, 3.05) is 13.2 Å². The van der Waals surface area contributed by atoms with Crippen LogP contribution in [0.1, 0.15) is 11.1 Å². The number of nitrogens with one attached hydrogen (secondary N) is 4. The molecule has 11 heteroatoms. The Morgan fingerprint density at radius 1 is 1.11 bits per heavy atom. The van der Waals surface area contributed by atoms with Crippen molar-refractivity contribution < 1.29 is 18.6 Å². The number of nitrogens with two attached hydrogens (primary N) is 1. The second kappa shape index (κ2) is 8.65. The number of hydrogen-bond acceptors (Lipinski definition) is 9. The van der Waals surface area contributed by atoms with Gasteiger partial charge in [0.2, 0.25) is 10.0 Å². The van der Waals surface area contributed by atoms with E-state index in [1.165, 1.54) is 6.07 Å². The number of sulfonamides is 1. The van der Waals surface area contributed by atoms with Gasteiger partial charge in [-0.2, -0.15) is 0 Å². The molecule has 0 saturated carbocycles. The highest BCUT2D eigenvalue weighted by molar-refractivity contribution is 7.89. The van der Waals surface area contributed by atoms with E-state index in [9.17, 15) is 8.42 Å². The molecule has 0 atom stereocenters. The molecular weight excluding hydrogens is 384 g/mol. The van der Waals surface area contributed by atoms with Crippen molar-refractivity contribution in [2.45, 2.75) is 17.5 Å². The Morgan fingerprint density at radius 2 is 1.82 bits per heavy atom. The van der Waals surface area contributed by atoms with E-state index < -0.39 is 10.0 Å². The van der Waals surface area contributed by atoms with Gasteiger partial charge in [0.1, 0.15) is 0 Å². The molecule has 8 N–H and O–H groups in total. The molecule has 150 valence electrons. The van der Waals surface area contributed by atoms with Gasteiger partial charge in [-0.1, -0.05) is 36.4 Å². The Bertz CT molecular complexity index is 958. The van der Waals surface area contributed by atoms with E-state index in [1.54, 1.807) is 12.1 Å². The minimum atomic E-state index is -3.97. The Hall–Kier alpha value is -2.54. The van der Waals surface area contributed by atoms with Crippen molar-refractivity contribution in [1.82, 2.24) is 21.8 Å². The maximum absolute atomic E-state index is 12.1. The fourth-order valence-electron chi connectivity index (χ4n) is 2.82. The van der Waals surface area contributed by atoms with Crippen molar-refractivity contribution in [3.05, 3.63) is 53.6 Å². The molecule has 1 aliphatic heterocycles. The lowest BCUT2D eigenvalue weighted by Crippen LogP contribution is -2.36. The number of rotatable bonds is 8. The van der Waals surface area contributed by atoms with Crippen molar-refractivity contribution in [2.24, 2.45) is 10.2 Å². The van der Waals surface area contributed by atoms with Gasteiger partial charge in [0, 0.05) is 12.1 Å². The summed E-state index contributed by atoms with van der Waals surface area (Å²) in [6, 6.07) is 11.9. The summed E-state index contributed by atoms with van der Waals surface area (Å²) in [6.45, 7) is 0.156. The minimum absolute atomic E-state index is 0.0405. The summed E-state index contributed by atoms with van der Waals surface area (Å²) in [4.78, 5) is -0.0405. The highest BCUT2D eigenvalue weighted by Gasteiger charge is 2.23. The molecule has 0 bridgehead atoms. The number of primary sulfonamides is 1. The molecule has 0 radical (unpaired) electrons. The normalized spacial score (nSPS) is 13.9. The van der Waals surface area contributed by atoms with Crippen LogP contribution in [0.4, 0.5) is 0 Å². The number of hydrazine groups is 2. The van der Waals surface area contributed by atoms with Crippen LogP contribution in [-0.2, 0) is 16.6 Å². The third-order valence-corrected chi connectivity index (χ3v) is 5.23. The molecule has 0 saturated heterocycles. The van der Waals surface area contributed by atoms with Crippen LogP contribution < -0.4 is 27.0 Å². The van der Waals surface area contributed by atoms with E-state index >= 15 is 0 Å². The van der Waals surface area contributed by atoms with Crippen LogP contribution >= 0.6 is 0 Å². The number of hydrogen-bond donors (Lipinski definition) is 7. The number of aliphatic hydroxyl groups excluding tert-OH is 2. The first-order valence-corrected chi connectivity index (χ1v) is 10.0. The molecule has 0 unspecified atom stereocenters. The third-order valence-electron chi connectivity index (χ3n) is 4.27. The maximum Gasteiger partial charge on any atom is 0.238 e. The molecule has 10 nitrogen and oxygen atoms in total. The largest absolute Gasteiger partial charge is 0.395 e. The summed E-state index contributed by atoms with van der Waals surface area (Å²) in [5, 5.41) is 30.7. The molecule has 0 amide bonds. The molecule has 2 aromatic rings. The van der Waals surface area contributed by atoms with Crippen LogP contribution in [0.2, 0.25) is 0 Å². The number of amidine groups is 1. The third kappa shape index (κ3) is 4.47. The van der Waals surface area contributed by atoms with E-state index in [1.807, 2.05) is 24.3 Å². The molecule has 2 aromatic carbocycles. The van der Waals surface area contributed by atoms with Gasteiger partial charge in [-0.05, 0) is 22.8 Å². The SMILES string of the molecule is NS(=O)(=O)c1cccc(-c2ccc(CNC(CO)CO)cc2)c1C1=NNNN1. The van der Waals surface area contributed by atoms with E-state index in [0.717, 1.165) is 11.1 Å². The Morgan fingerprint density at radius 3 is 2.39 bits per heavy atom. The van der Waals surface area contributed by atoms with Gasteiger partial charge in [-0.15, -0.1) is 10.6 Å². The highest BCUT2D eigenvalue weighted by atomic mass is 32.2. The predicted molar refractivity (Wildman–Crippen MR) is 104 cm³/mol. The van der Waals surface area contributed by atoms with Crippen LogP contribution in [0.5, 0.6) is 0 Å². The van der Waals surface area contributed by atoms with Crippen molar-refractivity contribution in [3.63, 3.8) is 0 Å². The van der Waals surface area contributed by atoms with Crippen molar-refractivity contribution >= 4 is 15.9 Å². The van der Waals surface area contributed by atoms with Gasteiger partial charge in [-0.25, -0.2) is 19.1 Å². The van der Waals surface area contributed by atoms with Gasteiger partial charge in [-0.3, -0.25) is 5.43 Å². The maximum atomic E-state index is 12.1. The summed E-state index contributed by atoms with van der Waals surface area (Å²) in [6.07, 6.45) is 0. The van der Waals surface area contributed by atoms with E-state index in [4.69, 9.17) is 15.4 Å². The van der Waals surface area contributed by atoms with Crippen LogP contribution in [-0.4, -0.2) is 43.7 Å². The van der Waals surface area contributed by atoms with Gasteiger partial charge in [0.05, 0.1) is 24.2 Å². The topological polar surface area (TPSA) is 161 Å². The Kier molecular flexibility index (Phi) is 6.24. The first kappa shape index (κ1) is 20.2. The molecule has 3 rings (SSSR count). The first-order chi connectivity index (χ1) is 13.4. The van der Waals surface area contributed by atoms with Crippen LogP contribution in [0, 0.1) is 0 Å². The van der Waals surface area contributed by atoms with E-state index in [-0.39, 0.29) is 24.2 Å². The van der Waals surface area contributed by atoms with Gasteiger partial charge in [0.15, 0.2) is 5.84 Å². The predicted octanol–water partition coefficient (Wildman–Crippen LogP) is -1.28. The average molecular weight is 406 g/mol. The molecule has 0 aliphatic carbocycles. The number of benzene rings is 2. The van der Waals surface area contributed by atoms with Gasteiger partial charge >= 0.3 is 0 Å². The zero-order chi connectivity index (χ0) is 20.1. The molecule has 1 heterocycles. The zero-order valence-electron chi connectivity index (χ0n) is 14.9. The fraction of sp³-hybridized carbons (Fsp3) is 0.235. The van der Waals surface area contributed by atoms with E-state index in [2.05, 4.69) is 26.9 Å². The lowest BCUT2D eigenvalue weighted by molar-refractivity contribution is 0.170. The fourth-order valence-corrected chi connectivity index (χ4v) is 3.58. The second-order valence-corrected chi connectivity index (χ2v) is 7.72. The second-order valence-electron chi connectivity index (χ2n) is 6.19. The molecule has 0 aromatic heterocycles. The Labute approximate surface area is 162 Å². The van der Waals surface area contributed by atoms with Crippen LogP contribution in [0.15, 0.2) is 52.5 Å². The van der Waals surface area contributed by atoms with Crippen molar-refractivity contribution in [1.29, 1.82) is 0 Å². The molecule has 0 fully saturated rings. The Balaban J connectivity index is 1.95. The van der Waals surface area contributed by atoms with E-state index in [0.29, 0.717) is 23.5 Å². The van der Waals surface area contributed by atoms with Gasteiger partial charge in [0.25, 0.3) is 0 Å². The summed E-state index contributed by atoms with van der Waals surface area (Å²) in [7, 11) is -3.97. The number of nitrogens with zero attached hydrogens (tertiary/aromatic N) is 1. The number of hydrazone groups is 1. The smallest absolute Gasteiger partial charge is 0.238 e. The lowest BCUT2D eigenvalue weighted by Gasteiger charge is -2.15. The quantitative estimate of drug-likeness (QED) is 0.285. The highest BCUT2D eigenvalue weighted by Crippen LogP contribution is 2.29. The molecule has 0 spiro atoms. The van der Waals surface area contributed by atoms with Crippen molar-refractivity contribution in [3.8, 4) is 11.1 Å². The minimum Gasteiger partial charge on any atom is -0.395 e.